The third kappa shape index (κ3) is 1.75. The third-order valence-corrected chi connectivity index (χ3v) is 2.43. The molecule has 0 amide bonds. The Morgan fingerprint density at radius 1 is 1.07 bits per heavy atom. The standard InChI is InChI=1S/C10H8BrN3/c11-8-3-1-7(2-4-8)9-5-6-13-14-10(9)12/h1-6H,(H2,12,14). The van der Waals surface area contributed by atoms with Crippen LogP contribution in [0.4, 0.5) is 5.82 Å². The van der Waals surface area contributed by atoms with Gasteiger partial charge in [0.05, 0.1) is 6.20 Å². The summed E-state index contributed by atoms with van der Waals surface area (Å²) >= 11 is 3.38. The van der Waals surface area contributed by atoms with E-state index < -0.39 is 0 Å². The zero-order valence-corrected chi connectivity index (χ0v) is 8.90. The van der Waals surface area contributed by atoms with Crippen LogP contribution in [0.15, 0.2) is 41.0 Å². The Balaban J connectivity index is 2.50. The van der Waals surface area contributed by atoms with Gasteiger partial charge in [0.25, 0.3) is 0 Å². The maximum absolute atomic E-state index is 5.71. The second kappa shape index (κ2) is 3.75. The second-order valence-corrected chi connectivity index (χ2v) is 3.75. The highest BCUT2D eigenvalue weighted by Gasteiger charge is 2.02. The van der Waals surface area contributed by atoms with Crippen LogP contribution in [0.3, 0.4) is 0 Å². The van der Waals surface area contributed by atoms with Gasteiger partial charge in [-0.25, -0.2) is 0 Å². The summed E-state index contributed by atoms with van der Waals surface area (Å²) in [5.74, 6) is 0.454. The van der Waals surface area contributed by atoms with Crippen molar-refractivity contribution < 1.29 is 0 Å². The Morgan fingerprint density at radius 2 is 1.79 bits per heavy atom. The maximum Gasteiger partial charge on any atom is 0.153 e. The highest BCUT2D eigenvalue weighted by Crippen LogP contribution is 2.24. The summed E-state index contributed by atoms with van der Waals surface area (Å²) in [4.78, 5) is 0. The molecule has 1 aromatic carbocycles. The Hall–Kier alpha value is -1.42. The fourth-order valence-electron chi connectivity index (χ4n) is 1.22. The number of hydrogen-bond acceptors (Lipinski definition) is 3. The zero-order valence-electron chi connectivity index (χ0n) is 7.31. The van der Waals surface area contributed by atoms with Crippen molar-refractivity contribution in [2.45, 2.75) is 0 Å². The number of aromatic nitrogens is 2. The smallest absolute Gasteiger partial charge is 0.153 e. The number of anilines is 1. The third-order valence-electron chi connectivity index (χ3n) is 1.90. The van der Waals surface area contributed by atoms with E-state index in [0.29, 0.717) is 5.82 Å². The van der Waals surface area contributed by atoms with Gasteiger partial charge in [-0.1, -0.05) is 28.1 Å². The van der Waals surface area contributed by atoms with E-state index in [1.807, 2.05) is 30.3 Å². The van der Waals surface area contributed by atoms with Crippen molar-refractivity contribution in [1.82, 2.24) is 10.2 Å². The molecule has 0 aliphatic heterocycles. The SMILES string of the molecule is Nc1nnccc1-c1ccc(Br)cc1. The van der Waals surface area contributed by atoms with Crippen LogP contribution in [0.1, 0.15) is 0 Å². The summed E-state index contributed by atoms with van der Waals surface area (Å²) in [6.07, 6.45) is 1.63. The van der Waals surface area contributed by atoms with Gasteiger partial charge in [-0.15, -0.1) is 5.10 Å². The Morgan fingerprint density at radius 3 is 2.43 bits per heavy atom. The van der Waals surface area contributed by atoms with Crippen molar-refractivity contribution in [3.8, 4) is 11.1 Å². The van der Waals surface area contributed by atoms with E-state index >= 15 is 0 Å². The van der Waals surface area contributed by atoms with Crippen LogP contribution in [-0.2, 0) is 0 Å². The Kier molecular flexibility index (Phi) is 2.45. The lowest BCUT2D eigenvalue weighted by Crippen LogP contribution is -1.95. The number of halogens is 1. The number of hydrogen-bond donors (Lipinski definition) is 1. The van der Waals surface area contributed by atoms with Gasteiger partial charge in [0, 0.05) is 10.0 Å². The number of nitrogens with zero attached hydrogens (tertiary/aromatic N) is 2. The first-order chi connectivity index (χ1) is 6.77. The first-order valence-corrected chi connectivity index (χ1v) is 4.90. The van der Waals surface area contributed by atoms with Crippen LogP contribution in [0.2, 0.25) is 0 Å². The van der Waals surface area contributed by atoms with Gasteiger partial charge in [-0.05, 0) is 23.8 Å². The van der Waals surface area contributed by atoms with E-state index in [1.165, 1.54) is 0 Å². The summed E-state index contributed by atoms with van der Waals surface area (Å²) in [6, 6.07) is 9.75. The molecule has 70 valence electrons. The van der Waals surface area contributed by atoms with E-state index in [2.05, 4.69) is 26.1 Å². The molecule has 0 spiro atoms. The Bertz CT molecular complexity index is 439. The van der Waals surface area contributed by atoms with Crippen molar-refractivity contribution in [3.63, 3.8) is 0 Å². The van der Waals surface area contributed by atoms with Gasteiger partial charge >= 0.3 is 0 Å². The second-order valence-electron chi connectivity index (χ2n) is 2.84. The Labute approximate surface area is 90.1 Å². The molecule has 0 aliphatic carbocycles. The fraction of sp³-hybridized carbons (Fsp3) is 0. The highest BCUT2D eigenvalue weighted by molar-refractivity contribution is 9.10. The molecule has 0 saturated carbocycles. The molecule has 14 heavy (non-hydrogen) atoms. The van der Waals surface area contributed by atoms with Gasteiger partial charge in [-0.2, -0.15) is 5.10 Å². The summed E-state index contributed by atoms with van der Waals surface area (Å²) < 4.78 is 1.04. The molecule has 0 radical (unpaired) electrons. The van der Waals surface area contributed by atoms with E-state index in [0.717, 1.165) is 15.6 Å². The zero-order chi connectivity index (χ0) is 9.97. The number of nitrogen functional groups attached to an aromatic ring is 1. The monoisotopic (exact) mass is 249 g/mol. The molecule has 2 N–H and O–H groups in total. The average molecular weight is 250 g/mol. The molecule has 0 atom stereocenters. The van der Waals surface area contributed by atoms with Crippen molar-refractivity contribution in [2.75, 3.05) is 5.73 Å². The quantitative estimate of drug-likeness (QED) is 0.845. The van der Waals surface area contributed by atoms with E-state index in [1.54, 1.807) is 6.20 Å². The van der Waals surface area contributed by atoms with Gasteiger partial charge in [0.15, 0.2) is 5.82 Å². The topological polar surface area (TPSA) is 51.8 Å². The predicted molar refractivity (Wildman–Crippen MR) is 59.6 cm³/mol. The van der Waals surface area contributed by atoms with Crippen LogP contribution in [-0.4, -0.2) is 10.2 Å². The summed E-state index contributed by atoms with van der Waals surface area (Å²) in [7, 11) is 0. The van der Waals surface area contributed by atoms with Crippen LogP contribution in [0.25, 0.3) is 11.1 Å². The molecule has 4 heteroatoms. The molecule has 0 unspecified atom stereocenters. The highest BCUT2D eigenvalue weighted by atomic mass is 79.9. The molecule has 2 aromatic rings. The lowest BCUT2D eigenvalue weighted by Gasteiger charge is -2.03. The largest absolute Gasteiger partial charge is 0.382 e. The molecule has 1 aromatic heterocycles. The van der Waals surface area contributed by atoms with Gasteiger partial charge in [0.1, 0.15) is 0 Å². The van der Waals surface area contributed by atoms with Crippen molar-refractivity contribution >= 4 is 21.7 Å². The molecule has 0 saturated heterocycles. The van der Waals surface area contributed by atoms with Gasteiger partial charge in [0.2, 0.25) is 0 Å². The van der Waals surface area contributed by atoms with Crippen molar-refractivity contribution in [3.05, 3.63) is 41.0 Å². The molecule has 2 rings (SSSR count). The van der Waals surface area contributed by atoms with Crippen LogP contribution >= 0.6 is 15.9 Å². The molecular formula is C10H8BrN3. The van der Waals surface area contributed by atoms with Crippen molar-refractivity contribution in [2.24, 2.45) is 0 Å². The van der Waals surface area contributed by atoms with E-state index in [9.17, 15) is 0 Å². The van der Waals surface area contributed by atoms with Crippen LogP contribution < -0.4 is 5.73 Å². The predicted octanol–water partition coefficient (Wildman–Crippen LogP) is 2.49. The fourth-order valence-corrected chi connectivity index (χ4v) is 1.48. The van der Waals surface area contributed by atoms with Gasteiger partial charge < -0.3 is 5.73 Å². The minimum atomic E-state index is 0.454. The summed E-state index contributed by atoms with van der Waals surface area (Å²) in [5, 5.41) is 7.50. The van der Waals surface area contributed by atoms with E-state index in [4.69, 9.17) is 5.73 Å². The lowest BCUT2D eigenvalue weighted by molar-refractivity contribution is 1.04. The summed E-state index contributed by atoms with van der Waals surface area (Å²) in [5.41, 5.74) is 7.66. The van der Waals surface area contributed by atoms with Crippen molar-refractivity contribution in [1.29, 1.82) is 0 Å². The maximum atomic E-state index is 5.71. The number of rotatable bonds is 1. The number of benzene rings is 1. The normalized spacial score (nSPS) is 10.1. The van der Waals surface area contributed by atoms with E-state index in [-0.39, 0.29) is 0 Å². The van der Waals surface area contributed by atoms with Crippen LogP contribution in [0.5, 0.6) is 0 Å². The molecule has 0 fully saturated rings. The molecule has 0 bridgehead atoms. The first kappa shape index (κ1) is 9.15. The lowest BCUT2D eigenvalue weighted by atomic mass is 10.1. The summed E-state index contributed by atoms with van der Waals surface area (Å²) in [6.45, 7) is 0. The molecule has 1 heterocycles. The average Bonchev–Trinajstić information content (AvgIpc) is 2.20. The molecular weight excluding hydrogens is 242 g/mol. The molecule has 3 nitrogen and oxygen atoms in total. The molecule has 0 aliphatic rings. The first-order valence-electron chi connectivity index (χ1n) is 4.10. The minimum absolute atomic E-state index is 0.454. The van der Waals surface area contributed by atoms with Crippen LogP contribution in [0, 0.1) is 0 Å². The minimum Gasteiger partial charge on any atom is -0.382 e. The van der Waals surface area contributed by atoms with Gasteiger partial charge in [-0.3, -0.25) is 0 Å². The number of nitrogens with two attached hydrogens (primary N) is 1.